The quantitative estimate of drug-likeness (QED) is 0.354. The van der Waals surface area contributed by atoms with Gasteiger partial charge in [0.15, 0.2) is 0 Å². The summed E-state index contributed by atoms with van der Waals surface area (Å²) in [5, 5.41) is 3.82. The normalized spacial score (nSPS) is 11.2. The highest BCUT2D eigenvalue weighted by Crippen LogP contribution is 2.18. The number of oxime groups is 1. The lowest BCUT2D eigenvalue weighted by Gasteiger charge is -2.11. The van der Waals surface area contributed by atoms with Gasteiger partial charge in [-0.15, -0.1) is 0 Å². The first-order chi connectivity index (χ1) is 11.4. The van der Waals surface area contributed by atoms with Crippen molar-refractivity contribution in [1.82, 2.24) is 0 Å². The molecular formula is C20H21NO3. The van der Waals surface area contributed by atoms with Crippen LogP contribution in [0.15, 0.2) is 47.6 Å². The van der Waals surface area contributed by atoms with Crippen LogP contribution in [0.1, 0.15) is 50.8 Å². The molecule has 0 fully saturated rings. The summed E-state index contributed by atoms with van der Waals surface area (Å²) in [5.74, 6) is -0.778. The molecule has 0 amide bonds. The average Bonchev–Trinajstić information content (AvgIpc) is 2.55. The van der Waals surface area contributed by atoms with Crippen LogP contribution in [-0.4, -0.2) is 17.5 Å². The Morgan fingerprint density at radius 3 is 2.12 bits per heavy atom. The number of hydrogen-bond donors (Lipinski definition) is 0. The van der Waals surface area contributed by atoms with Gasteiger partial charge in [0.1, 0.15) is 5.71 Å². The molecule has 0 aliphatic carbocycles. The molecule has 24 heavy (non-hydrogen) atoms. The zero-order valence-electron chi connectivity index (χ0n) is 14.4. The van der Waals surface area contributed by atoms with Crippen molar-refractivity contribution in [2.75, 3.05) is 0 Å². The van der Waals surface area contributed by atoms with Gasteiger partial charge >= 0.3 is 5.97 Å². The number of Topliss-reactive ketones (excluding diaryl/α,β-unsaturated/α-hetero) is 1. The van der Waals surface area contributed by atoms with E-state index in [1.807, 2.05) is 45.9 Å². The van der Waals surface area contributed by atoms with E-state index in [1.165, 1.54) is 0 Å². The summed E-state index contributed by atoms with van der Waals surface area (Å²) in [6.07, 6.45) is 0.383. The zero-order chi connectivity index (χ0) is 17.7. The van der Waals surface area contributed by atoms with Gasteiger partial charge in [0.05, 0.1) is 5.56 Å². The maximum Gasteiger partial charge on any atom is 0.365 e. The van der Waals surface area contributed by atoms with Gasteiger partial charge in [0.25, 0.3) is 0 Å². The largest absolute Gasteiger partial charge is 0.365 e. The molecule has 0 atom stereocenters. The van der Waals surface area contributed by atoms with Gasteiger partial charge in [-0.3, -0.25) is 4.79 Å². The molecule has 0 aliphatic rings. The predicted octanol–water partition coefficient (Wildman–Crippen LogP) is 4.42. The van der Waals surface area contributed by atoms with Crippen LogP contribution in [-0.2, 0) is 4.84 Å². The number of hydrogen-bond acceptors (Lipinski definition) is 4. The van der Waals surface area contributed by atoms with E-state index < -0.39 is 5.97 Å². The van der Waals surface area contributed by atoms with Crippen LogP contribution in [0.3, 0.4) is 0 Å². The van der Waals surface area contributed by atoms with E-state index in [0.717, 1.165) is 16.7 Å². The molecule has 0 bridgehead atoms. The number of benzene rings is 2. The third kappa shape index (κ3) is 3.96. The van der Waals surface area contributed by atoms with E-state index in [0.29, 0.717) is 17.5 Å². The molecule has 0 spiro atoms. The van der Waals surface area contributed by atoms with Gasteiger partial charge in [0, 0.05) is 5.56 Å². The molecule has 2 rings (SSSR count). The molecule has 0 N–H and O–H groups in total. The van der Waals surface area contributed by atoms with Crippen LogP contribution >= 0.6 is 0 Å². The second kappa shape index (κ2) is 7.68. The first-order valence-electron chi connectivity index (χ1n) is 7.89. The molecule has 2 aromatic carbocycles. The minimum Gasteiger partial charge on any atom is -0.312 e. The molecule has 0 heterocycles. The van der Waals surface area contributed by atoms with Crippen LogP contribution in [0.5, 0.6) is 0 Å². The number of carbonyl (C=O) groups is 2. The van der Waals surface area contributed by atoms with Gasteiger partial charge in [-0.25, -0.2) is 4.79 Å². The van der Waals surface area contributed by atoms with E-state index in [9.17, 15) is 9.59 Å². The number of rotatable bonds is 5. The van der Waals surface area contributed by atoms with Gasteiger partial charge in [0.2, 0.25) is 5.78 Å². The third-order valence-corrected chi connectivity index (χ3v) is 3.75. The van der Waals surface area contributed by atoms with Gasteiger partial charge in [-0.1, -0.05) is 48.0 Å². The number of carbonyl (C=O) groups excluding carboxylic acids is 2. The van der Waals surface area contributed by atoms with E-state index in [2.05, 4.69) is 5.16 Å². The lowest BCUT2D eigenvalue weighted by atomic mass is 9.94. The van der Waals surface area contributed by atoms with Crippen molar-refractivity contribution in [3.8, 4) is 0 Å². The Morgan fingerprint density at radius 2 is 1.58 bits per heavy atom. The van der Waals surface area contributed by atoms with Crippen molar-refractivity contribution in [1.29, 1.82) is 0 Å². The summed E-state index contributed by atoms with van der Waals surface area (Å²) in [7, 11) is 0. The first kappa shape index (κ1) is 17.6. The second-order valence-electron chi connectivity index (χ2n) is 5.74. The molecule has 2 aromatic rings. The van der Waals surface area contributed by atoms with Gasteiger partial charge < -0.3 is 4.84 Å². The number of nitrogens with zero attached hydrogens (tertiary/aromatic N) is 1. The molecule has 4 nitrogen and oxygen atoms in total. The number of aryl methyl sites for hydroxylation is 3. The van der Waals surface area contributed by atoms with Crippen molar-refractivity contribution in [3.05, 3.63) is 70.3 Å². The summed E-state index contributed by atoms with van der Waals surface area (Å²) in [6, 6.07) is 12.5. The van der Waals surface area contributed by atoms with Crippen molar-refractivity contribution in [3.63, 3.8) is 0 Å². The minimum atomic E-state index is -0.577. The summed E-state index contributed by atoms with van der Waals surface area (Å²) in [6.45, 7) is 7.60. The molecule has 124 valence electrons. The lowest BCUT2D eigenvalue weighted by molar-refractivity contribution is 0.0515. The maximum absolute atomic E-state index is 12.8. The van der Waals surface area contributed by atoms with Crippen LogP contribution in [0, 0.1) is 20.8 Å². The SMILES string of the molecule is CC/C(=N\OC(=O)c1ccccc1)C(=O)c1c(C)cc(C)cc1C. The highest BCUT2D eigenvalue weighted by Gasteiger charge is 2.19. The molecule has 0 aromatic heterocycles. The maximum atomic E-state index is 12.8. The van der Waals surface area contributed by atoms with Crippen molar-refractivity contribution < 1.29 is 14.4 Å². The smallest absolute Gasteiger partial charge is 0.312 e. The lowest BCUT2D eigenvalue weighted by Crippen LogP contribution is -2.18. The predicted molar refractivity (Wildman–Crippen MR) is 94.6 cm³/mol. The fraction of sp³-hybridized carbons (Fsp3) is 0.250. The third-order valence-electron chi connectivity index (χ3n) is 3.75. The highest BCUT2D eigenvalue weighted by molar-refractivity contribution is 6.46. The van der Waals surface area contributed by atoms with Crippen molar-refractivity contribution in [2.45, 2.75) is 34.1 Å². The van der Waals surface area contributed by atoms with Crippen LogP contribution in [0.2, 0.25) is 0 Å². The molecule has 0 saturated heterocycles. The summed E-state index contributed by atoms with van der Waals surface area (Å²) in [5.41, 5.74) is 4.14. The van der Waals surface area contributed by atoms with Gasteiger partial charge in [-0.2, -0.15) is 0 Å². The highest BCUT2D eigenvalue weighted by atomic mass is 16.7. The fourth-order valence-corrected chi connectivity index (χ4v) is 2.67. The average molecular weight is 323 g/mol. The molecule has 0 unspecified atom stereocenters. The Morgan fingerprint density at radius 1 is 1.00 bits per heavy atom. The Balaban J connectivity index is 2.25. The first-order valence-corrected chi connectivity index (χ1v) is 7.89. The van der Waals surface area contributed by atoms with Crippen LogP contribution in [0.4, 0.5) is 0 Å². The minimum absolute atomic E-state index is 0.201. The monoisotopic (exact) mass is 323 g/mol. The van der Waals surface area contributed by atoms with Crippen molar-refractivity contribution >= 4 is 17.5 Å². The van der Waals surface area contributed by atoms with Crippen molar-refractivity contribution in [2.24, 2.45) is 5.16 Å². The van der Waals surface area contributed by atoms with Gasteiger partial charge in [-0.05, 0) is 50.5 Å². The molecule has 0 aliphatic heterocycles. The van der Waals surface area contributed by atoms with E-state index in [4.69, 9.17) is 4.84 Å². The second-order valence-corrected chi connectivity index (χ2v) is 5.74. The number of ketones is 1. The zero-order valence-corrected chi connectivity index (χ0v) is 14.4. The summed E-state index contributed by atoms with van der Waals surface area (Å²) >= 11 is 0. The molecule has 4 heteroatoms. The molecular weight excluding hydrogens is 302 g/mol. The Hall–Kier alpha value is -2.75. The Kier molecular flexibility index (Phi) is 5.64. The standard InChI is InChI=1S/C20H21NO3/c1-5-17(21-24-20(23)16-9-7-6-8-10-16)19(22)18-14(3)11-13(2)12-15(18)4/h6-12H,5H2,1-4H3/b21-17+. The van der Waals surface area contributed by atoms with E-state index in [1.54, 1.807) is 24.3 Å². The Labute approximate surface area is 142 Å². The van der Waals surface area contributed by atoms with E-state index >= 15 is 0 Å². The molecule has 0 saturated carbocycles. The van der Waals surface area contributed by atoms with Crippen LogP contribution in [0.25, 0.3) is 0 Å². The van der Waals surface area contributed by atoms with Crippen LogP contribution < -0.4 is 0 Å². The Bertz CT molecular complexity index is 769. The molecule has 0 radical (unpaired) electrons. The van der Waals surface area contributed by atoms with E-state index in [-0.39, 0.29) is 11.5 Å². The summed E-state index contributed by atoms with van der Waals surface area (Å²) in [4.78, 5) is 29.7. The fourth-order valence-electron chi connectivity index (χ4n) is 2.67. The topological polar surface area (TPSA) is 55.7 Å². The summed E-state index contributed by atoms with van der Waals surface area (Å²) < 4.78 is 0.